The molecule has 1 heterocycles. The first kappa shape index (κ1) is 13.8. The minimum absolute atomic E-state index is 0.964. The van der Waals surface area contributed by atoms with Gasteiger partial charge in [0.15, 0.2) is 0 Å². The van der Waals surface area contributed by atoms with E-state index >= 15 is 0 Å². The highest BCUT2D eigenvalue weighted by molar-refractivity contribution is 5.29. The standard InChI is InChI=1S/C16H23N3/c1-14-5-6-16(11-15(14)2)12-17-7-3-4-9-19-10-8-18-13-19/h5-6,8,10-11,13,17H,3-4,7,9,12H2,1-2H3. The molecule has 0 aliphatic carbocycles. The molecule has 0 aliphatic heterocycles. The second-order valence-electron chi connectivity index (χ2n) is 5.10. The van der Waals surface area contributed by atoms with Gasteiger partial charge in [0.25, 0.3) is 0 Å². The molecule has 0 unspecified atom stereocenters. The largest absolute Gasteiger partial charge is 0.337 e. The Morgan fingerprint density at radius 1 is 1.16 bits per heavy atom. The molecule has 0 spiro atoms. The van der Waals surface area contributed by atoms with E-state index in [0.29, 0.717) is 0 Å². The van der Waals surface area contributed by atoms with Gasteiger partial charge < -0.3 is 9.88 Å². The van der Waals surface area contributed by atoms with Crippen LogP contribution in [0.15, 0.2) is 36.9 Å². The molecule has 0 aliphatic rings. The fourth-order valence-electron chi connectivity index (χ4n) is 2.11. The SMILES string of the molecule is Cc1ccc(CNCCCCn2ccnc2)cc1C. The fraction of sp³-hybridized carbons (Fsp3) is 0.438. The Hall–Kier alpha value is -1.61. The summed E-state index contributed by atoms with van der Waals surface area (Å²) < 4.78 is 2.13. The van der Waals surface area contributed by atoms with Crippen LogP contribution in [0.1, 0.15) is 29.5 Å². The normalized spacial score (nSPS) is 10.8. The van der Waals surface area contributed by atoms with Gasteiger partial charge in [-0.3, -0.25) is 0 Å². The molecular weight excluding hydrogens is 234 g/mol. The maximum absolute atomic E-state index is 4.04. The lowest BCUT2D eigenvalue weighted by Gasteiger charge is -2.07. The third kappa shape index (κ3) is 4.52. The Kier molecular flexibility index (Phi) is 5.16. The van der Waals surface area contributed by atoms with Gasteiger partial charge in [-0.2, -0.15) is 0 Å². The van der Waals surface area contributed by atoms with Crippen LogP contribution in [0, 0.1) is 13.8 Å². The predicted octanol–water partition coefficient (Wildman–Crippen LogP) is 3.07. The van der Waals surface area contributed by atoms with Crippen molar-refractivity contribution in [1.29, 1.82) is 0 Å². The molecular formula is C16H23N3. The molecule has 1 N–H and O–H groups in total. The van der Waals surface area contributed by atoms with Crippen molar-refractivity contribution in [3.63, 3.8) is 0 Å². The quantitative estimate of drug-likeness (QED) is 0.773. The first-order valence-electron chi connectivity index (χ1n) is 6.98. The number of hydrogen-bond donors (Lipinski definition) is 1. The van der Waals surface area contributed by atoms with E-state index in [1.165, 1.54) is 29.5 Å². The molecule has 2 rings (SSSR count). The summed E-state index contributed by atoms with van der Waals surface area (Å²) in [5.41, 5.74) is 4.11. The van der Waals surface area contributed by atoms with Crippen molar-refractivity contribution in [2.45, 2.75) is 39.8 Å². The van der Waals surface area contributed by atoms with E-state index in [-0.39, 0.29) is 0 Å². The van der Waals surface area contributed by atoms with Gasteiger partial charge in [0.2, 0.25) is 0 Å². The molecule has 0 saturated heterocycles. The topological polar surface area (TPSA) is 29.9 Å². The highest BCUT2D eigenvalue weighted by Gasteiger charge is 1.96. The molecule has 0 fully saturated rings. The Morgan fingerprint density at radius 3 is 2.79 bits per heavy atom. The third-order valence-corrected chi connectivity index (χ3v) is 3.48. The van der Waals surface area contributed by atoms with Crippen molar-refractivity contribution >= 4 is 0 Å². The van der Waals surface area contributed by atoms with Crippen molar-refractivity contribution in [2.75, 3.05) is 6.54 Å². The van der Waals surface area contributed by atoms with Gasteiger partial charge in [0, 0.05) is 25.5 Å². The van der Waals surface area contributed by atoms with Crippen LogP contribution in [-0.2, 0) is 13.1 Å². The van der Waals surface area contributed by atoms with Gasteiger partial charge in [0.1, 0.15) is 0 Å². The monoisotopic (exact) mass is 257 g/mol. The van der Waals surface area contributed by atoms with Crippen LogP contribution in [0.2, 0.25) is 0 Å². The van der Waals surface area contributed by atoms with Gasteiger partial charge >= 0.3 is 0 Å². The van der Waals surface area contributed by atoms with E-state index in [1.54, 1.807) is 0 Å². The number of rotatable bonds is 7. The Morgan fingerprint density at radius 2 is 2.05 bits per heavy atom. The molecule has 0 atom stereocenters. The smallest absolute Gasteiger partial charge is 0.0945 e. The number of aromatic nitrogens is 2. The molecule has 0 saturated carbocycles. The summed E-state index contributed by atoms with van der Waals surface area (Å²) in [7, 11) is 0. The van der Waals surface area contributed by atoms with Crippen LogP contribution in [0.3, 0.4) is 0 Å². The van der Waals surface area contributed by atoms with E-state index < -0.39 is 0 Å². The molecule has 1 aromatic carbocycles. The van der Waals surface area contributed by atoms with Crippen LogP contribution in [0.4, 0.5) is 0 Å². The maximum atomic E-state index is 4.04. The van der Waals surface area contributed by atoms with Gasteiger partial charge in [0.05, 0.1) is 6.33 Å². The summed E-state index contributed by atoms with van der Waals surface area (Å²) in [6.45, 7) is 7.42. The van der Waals surface area contributed by atoms with E-state index in [0.717, 1.165) is 19.6 Å². The number of nitrogens with one attached hydrogen (secondary N) is 1. The molecule has 19 heavy (non-hydrogen) atoms. The molecule has 3 nitrogen and oxygen atoms in total. The Labute approximate surface area is 115 Å². The zero-order valence-corrected chi connectivity index (χ0v) is 11.9. The van der Waals surface area contributed by atoms with Gasteiger partial charge in [-0.25, -0.2) is 4.98 Å². The van der Waals surface area contributed by atoms with E-state index in [1.807, 2.05) is 18.7 Å². The summed E-state index contributed by atoms with van der Waals surface area (Å²) in [4.78, 5) is 4.04. The third-order valence-electron chi connectivity index (χ3n) is 3.48. The first-order valence-corrected chi connectivity index (χ1v) is 6.98. The number of benzene rings is 1. The maximum Gasteiger partial charge on any atom is 0.0945 e. The molecule has 2 aromatic rings. The van der Waals surface area contributed by atoms with E-state index in [2.05, 4.69) is 46.9 Å². The number of unbranched alkanes of at least 4 members (excludes halogenated alkanes) is 1. The molecule has 0 radical (unpaired) electrons. The van der Waals surface area contributed by atoms with Crippen molar-refractivity contribution in [3.8, 4) is 0 Å². The van der Waals surface area contributed by atoms with Crippen molar-refractivity contribution in [2.24, 2.45) is 0 Å². The van der Waals surface area contributed by atoms with Crippen LogP contribution in [-0.4, -0.2) is 16.1 Å². The summed E-state index contributed by atoms with van der Waals surface area (Å²) in [6, 6.07) is 6.68. The zero-order chi connectivity index (χ0) is 13.5. The highest BCUT2D eigenvalue weighted by atomic mass is 15.0. The summed E-state index contributed by atoms with van der Waals surface area (Å²) in [5, 5.41) is 3.50. The summed E-state index contributed by atoms with van der Waals surface area (Å²) in [5.74, 6) is 0. The molecule has 3 heteroatoms. The fourth-order valence-corrected chi connectivity index (χ4v) is 2.11. The number of hydrogen-bond acceptors (Lipinski definition) is 2. The minimum atomic E-state index is 0.964. The average Bonchev–Trinajstić information content (AvgIpc) is 2.91. The minimum Gasteiger partial charge on any atom is -0.337 e. The molecule has 0 amide bonds. The number of imidazole rings is 1. The zero-order valence-electron chi connectivity index (χ0n) is 11.9. The van der Waals surface area contributed by atoms with Crippen LogP contribution in [0.25, 0.3) is 0 Å². The van der Waals surface area contributed by atoms with Crippen LogP contribution in [0.5, 0.6) is 0 Å². The summed E-state index contributed by atoms with van der Waals surface area (Å²) in [6.07, 6.45) is 8.11. The van der Waals surface area contributed by atoms with Crippen LogP contribution < -0.4 is 5.32 Å². The lowest BCUT2D eigenvalue weighted by Crippen LogP contribution is -2.15. The lowest BCUT2D eigenvalue weighted by molar-refractivity contribution is 0.568. The van der Waals surface area contributed by atoms with Gasteiger partial charge in [-0.1, -0.05) is 18.2 Å². The van der Waals surface area contributed by atoms with Crippen molar-refractivity contribution in [3.05, 3.63) is 53.6 Å². The average molecular weight is 257 g/mol. The summed E-state index contributed by atoms with van der Waals surface area (Å²) >= 11 is 0. The molecule has 1 aromatic heterocycles. The van der Waals surface area contributed by atoms with Crippen molar-refractivity contribution in [1.82, 2.24) is 14.9 Å². The van der Waals surface area contributed by atoms with E-state index in [4.69, 9.17) is 0 Å². The Balaban J connectivity index is 1.60. The van der Waals surface area contributed by atoms with Gasteiger partial charge in [-0.05, 0) is 49.9 Å². The van der Waals surface area contributed by atoms with Crippen molar-refractivity contribution < 1.29 is 0 Å². The van der Waals surface area contributed by atoms with Crippen LogP contribution >= 0.6 is 0 Å². The molecule has 102 valence electrons. The van der Waals surface area contributed by atoms with Gasteiger partial charge in [-0.15, -0.1) is 0 Å². The molecule has 0 bridgehead atoms. The van der Waals surface area contributed by atoms with E-state index in [9.17, 15) is 0 Å². The number of aryl methyl sites for hydroxylation is 3. The number of nitrogens with zero attached hydrogens (tertiary/aromatic N) is 2. The first-order chi connectivity index (χ1) is 9.25. The second-order valence-corrected chi connectivity index (χ2v) is 5.10. The second kappa shape index (κ2) is 7.10. The Bertz CT molecular complexity index is 489. The predicted molar refractivity (Wildman–Crippen MR) is 79.1 cm³/mol. The lowest BCUT2D eigenvalue weighted by atomic mass is 10.1. The highest BCUT2D eigenvalue weighted by Crippen LogP contribution is 2.09.